The van der Waals surface area contributed by atoms with Crippen LogP contribution in [0.2, 0.25) is 0 Å². The number of nitrogens with zero attached hydrogens (tertiary/aromatic N) is 3. The van der Waals surface area contributed by atoms with Crippen molar-refractivity contribution in [3.63, 3.8) is 0 Å². The van der Waals surface area contributed by atoms with Crippen LogP contribution in [-0.4, -0.2) is 45.5 Å². The Labute approximate surface area is 187 Å². The zero-order chi connectivity index (χ0) is 23.1. The summed E-state index contributed by atoms with van der Waals surface area (Å²) in [6, 6.07) is 14.0. The van der Waals surface area contributed by atoms with Crippen molar-refractivity contribution in [1.29, 1.82) is 0 Å². The molecular formula is C21H22N4O6S. The van der Waals surface area contributed by atoms with E-state index >= 15 is 0 Å². The maximum absolute atomic E-state index is 11.8. The highest BCUT2D eigenvalue weighted by Gasteiger charge is 2.34. The minimum Gasteiger partial charge on any atom is -0.616 e. The number of hydroxylamine groups is 1. The fraction of sp³-hybridized carbons (Fsp3) is 0.333. The highest BCUT2D eigenvalue weighted by Crippen LogP contribution is 2.26. The van der Waals surface area contributed by atoms with E-state index in [4.69, 9.17) is 10.0 Å². The number of nitrogens with one attached hydrogen (secondary N) is 1. The maximum atomic E-state index is 11.8. The first-order chi connectivity index (χ1) is 15.5. The van der Waals surface area contributed by atoms with Crippen molar-refractivity contribution in [2.75, 3.05) is 12.8 Å². The molecule has 168 valence electrons. The number of benzene rings is 2. The third-order valence-corrected chi connectivity index (χ3v) is 6.44. The molecule has 0 saturated heterocycles. The minimum atomic E-state index is -1.46. The van der Waals surface area contributed by atoms with E-state index < -0.39 is 34.5 Å². The fourth-order valence-electron chi connectivity index (χ4n) is 3.45. The molecule has 0 fully saturated rings. The molecule has 4 unspecified atom stereocenters. The Kier molecular flexibility index (Phi) is 8.03. The van der Waals surface area contributed by atoms with Gasteiger partial charge in [-0.15, -0.1) is 0 Å². The summed E-state index contributed by atoms with van der Waals surface area (Å²) in [5, 5.41) is 17.7. The van der Waals surface area contributed by atoms with E-state index in [2.05, 4.69) is 15.5 Å². The summed E-state index contributed by atoms with van der Waals surface area (Å²) in [6.45, 7) is -0.192. The lowest BCUT2D eigenvalue weighted by atomic mass is 9.97. The predicted octanol–water partition coefficient (Wildman–Crippen LogP) is 3.06. The predicted molar refractivity (Wildman–Crippen MR) is 120 cm³/mol. The van der Waals surface area contributed by atoms with Gasteiger partial charge in [0.05, 0.1) is 12.0 Å². The van der Waals surface area contributed by atoms with Gasteiger partial charge in [0.1, 0.15) is 18.7 Å². The van der Waals surface area contributed by atoms with E-state index in [1.54, 1.807) is 12.1 Å². The van der Waals surface area contributed by atoms with Crippen LogP contribution in [-0.2, 0) is 20.8 Å². The van der Waals surface area contributed by atoms with Gasteiger partial charge in [-0.05, 0) is 33.4 Å². The first-order valence-corrected chi connectivity index (χ1v) is 11.4. The summed E-state index contributed by atoms with van der Waals surface area (Å²) in [4.78, 5) is 38.4. The lowest BCUT2D eigenvalue weighted by Gasteiger charge is -2.18. The summed E-state index contributed by atoms with van der Waals surface area (Å²) in [5.41, 5.74) is 5.61. The van der Waals surface area contributed by atoms with Gasteiger partial charge in [0, 0.05) is 12.8 Å². The lowest BCUT2D eigenvalue weighted by Crippen LogP contribution is -2.40. The van der Waals surface area contributed by atoms with Gasteiger partial charge < -0.3 is 9.39 Å². The summed E-state index contributed by atoms with van der Waals surface area (Å²) in [5.74, 6) is -0.712. The van der Waals surface area contributed by atoms with E-state index in [0.717, 1.165) is 16.7 Å². The molecule has 2 aromatic rings. The number of hydrogen-bond acceptors (Lipinski definition) is 9. The second-order valence-corrected chi connectivity index (χ2v) is 8.87. The van der Waals surface area contributed by atoms with E-state index in [0.29, 0.717) is 17.7 Å². The molecule has 1 heterocycles. The van der Waals surface area contributed by atoms with Crippen molar-refractivity contribution in [3.8, 4) is 11.1 Å². The van der Waals surface area contributed by atoms with Crippen LogP contribution < -0.4 is 5.48 Å². The van der Waals surface area contributed by atoms with Gasteiger partial charge in [0.15, 0.2) is 5.25 Å². The molecule has 1 aliphatic heterocycles. The van der Waals surface area contributed by atoms with Gasteiger partial charge >= 0.3 is 0 Å². The van der Waals surface area contributed by atoms with Crippen molar-refractivity contribution in [1.82, 2.24) is 5.48 Å². The lowest BCUT2D eigenvalue weighted by molar-refractivity contribution is -0.129. The van der Waals surface area contributed by atoms with E-state index in [9.17, 15) is 19.2 Å². The third kappa shape index (κ3) is 5.55. The number of carbonyl (C=O) groups is 1. The molecule has 0 radical (unpaired) electrons. The van der Waals surface area contributed by atoms with Crippen molar-refractivity contribution in [2.24, 2.45) is 15.5 Å². The zero-order valence-electron chi connectivity index (χ0n) is 17.2. The summed E-state index contributed by atoms with van der Waals surface area (Å²) >= 11 is -1.46. The number of carbonyl (C=O) groups excluding carboxylic acids is 1. The topological polar surface area (TPSA) is 153 Å². The van der Waals surface area contributed by atoms with Crippen LogP contribution in [0.15, 0.2) is 64.0 Å². The molecule has 11 heteroatoms. The second kappa shape index (κ2) is 10.9. The Morgan fingerprint density at radius 3 is 2.31 bits per heavy atom. The van der Waals surface area contributed by atoms with Crippen LogP contribution in [0.3, 0.4) is 0 Å². The van der Waals surface area contributed by atoms with Crippen molar-refractivity contribution >= 4 is 22.8 Å². The minimum absolute atomic E-state index is 0.170. The van der Waals surface area contributed by atoms with Crippen LogP contribution in [0.25, 0.3) is 11.1 Å². The monoisotopic (exact) mass is 458 g/mol. The van der Waals surface area contributed by atoms with Gasteiger partial charge in [-0.1, -0.05) is 64.0 Å². The number of rotatable bonds is 10. The van der Waals surface area contributed by atoms with E-state index in [1.165, 1.54) is 11.7 Å². The summed E-state index contributed by atoms with van der Waals surface area (Å²) in [7, 11) is 0. The van der Waals surface area contributed by atoms with E-state index in [-0.39, 0.29) is 13.0 Å². The van der Waals surface area contributed by atoms with Crippen molar-refractivity contribution in [3.05, 3.63) is 69.5 Å². The highest BCUT2D eigenvalue weighted by atomic mass is 32.2. The summed E-state index contributed by atoms with van der Waals surface area (Å²) in [6.07, 6.45) is 1.61. The standard InChI is InChI=1S/C21H22N4O6S/c1-32(30)20(21(26)24-29)11-17-10-18(25-31-17)15-6-2-13(3-7-15)14-4-8-16(9-5-14)19(23-28)12-22-27/h2-9,17,19-20,29H,10-12H2,1H3,(H,24,26). The zero-order valence-corrected chi connectivity index (χ0v) is 18.0. The second-order valence-electron chi connectivity index (χ2n) is 7.30. The van der Waals surface area contributed by atoms with Gasteiger partial charge in [0.2, 0.25) is 0 Å². The third-order valence-electron chi connectivity index (χ3n) is 5.23. The molecule has 4 atom stereocenters. The van der Waals surface area contributed by atoms with Gasteiger partial charge in [-0.3, -0.25) is 10.0 Å². The Bertz CT molecular complexity index is 981. The average molecular weight is 458 g/mol. The van der Waals surface area contributed by atoms with Crippen LogP contribution in [0.5, 0.6) is 0 Å². The molecule has 0 aromatic heterocycles. The summed E-state index contributed by atoms with van der Waals surface area (Å²) < 4.78 is 11.8. The van der Waals surface area contributed by atoms with Gasteiger partial charge in [-0.25, -0.2) is 5.48 Å². The SMILES string of the molecule is C[S+]([O-])C(CC1CC(c2ccc(-c3ccc(C(CN=O)N=O)cc3)cc2)=NO1)C(=O)NO. The Hall–Kier alpha value is -3.15. The molecule has 0 saturated carbocycles. The molecule has 0 bridgehead atoms. The molecule has 0 aliphatic carbocycles. The largest absolute Gasteiger partial charge is 0.616 e. The first-order valence-electron chi connectivity index (χ1n) is 9.78. The Morgan fingerprint density at radius 1 is 1.19 bits per heavy atom. The van der Waals surface area contributed by atoms with Gasteiger partial charge in [-0.2, -0.15) is 9.81 Å². The van der Waals surface area contributed by atoms with Crippen LogP contribution >= 0.6 is 0 Å². The molecule has 3 rings (SSSR count). The highest BCUT2D eigenvalue weighted by molar-refractivity contribution is 7.92. The molecule has 0 spiro atoms. The quantitative estimate of drug-likeness (QED) is 0.241. The molecular weight excluding hydrogens is 436 g/mol. The number of oxime groups is 1. The number of amides is 1. The van der Waals surface area contributed by atoms with Gasteiger partial charge in [0.25, 0.3) is 5.91 Å². The molecule has 10 nitrogen and oxygen atoms in total. The maximum Gasteiger partial charge on any atom is 0.296 e. The first kappa shape index (κ1) is 23.5. The average Bonchev–Trinajstić information content (AvgIpc) is 3.29. The number of hydrogen-bond donors (Lipinski definition) is 2. The van der Waals surface area contributed by atoms with Crippen LogP contribution in [0.1, 0.15) is 30.0 Å². The molecule has 32 heavy (non-hydrogen) atoms. The molecule has 2 N–H and O–H groups in total. The van der Waals surface area contributed by atoms with Crippen molar-refractivity contribution < 1.29 is 19.4 Å². The Morgan fingerprint density at radius 2 is 1.78 bits per heavy atom. The smallest absolute Gasteiger partial charge is 0.296 e. The number of nitroso groups, excluding NO2 is 2. The molecule has 1 aliphatic rings. The molecule has 1 amide bonds. The Balaban J connectivity index is 1.64. The van der Waals surface area contributed by atoms with Crippen molar-refractivity contribution in [2.45, 2.75) is 30.2 Å². The fourth-order valence-corrected chi connectivity index (χ4v) is 4.29. The van der Waals surface area contributed by atoms with Crippen LogP contribution in [0.4, 0.5) is 0 Å². The van der Waals surface area contributed by atoms with E-state index in [1.807, 2.05) is 36.4 Å². The normalized spacial score (nSPS) is 18.1. The molecule has 2 aromatic carbocycles. The van der Waals surface area contributed by atoms with Crippen LogP contribution in [0, 0.1) is 9.81 Å².